The van der Waals surface area contributed by atoms with Gasteiger partial charge < -0.3 is 25.4 Å². The second kappa shape index (κ2) is 7.02. The maximum atomic E-state index is 11.6. The van der Waals surface area contributed by atoms with Gasteiger partial charge in [-0.3, -0.25) is 0 Å². The topological polar surface area (TPSA) is 82.0 Å². The lowest BCUT2D eigenvalue weighted by Gasteiger charge is -2.28. The normalized spacial score (nSPS) is 13.1. The first-order valence-electron chi connectivity index (χ1n) is 4.61. The maximum absolute atomic E-state index is 11.6. The van der Waals surface area contributed by atoms with Gasteiger partial charge in [0.05, 0.1) is 32.0 Å². The Kier molecular flexibility index (Phi) is 6.84. The molecule has 0 heterocycles. The van der Waals surface area contributed by atoms with Crippen LogP contribution < -0.4 is 5.32 Å². The molecule has 0 aliphatic rings. The Bertz CT molecular complexity index is 176. The average Bonchev–Trinajstić information content (AvgIpc) is 2.23. The van der Waals surface area contributed by atoms with E-state index in [-0.39, 0.29) is 13.2 Å². The summed E-state index contributed by atoms with van der Waals surface area (Å²) < 4.78 is 39.2. The van der Waals surface area contributed by atoms with Gasteiger partial charge in [-0.2, -0.15) is 13.2 Å². The molecule has 0 fully saturated rings. The SMILES string of the molecule is OCC(CO)(CO)NCCOCC(F)(F)F. The first kappa shape index (κ1) is 15.6. The molecule has 0 radical (unpaired) electrons. The Morgan fingerprint density at radius 2 is 1.50 bits per heavy atom. The fourth-order valence-electron chi connectivity index (χ4n) is 0.894. The first-order chi connectivity index (χ1) is 7.39. The van der Waals surface area contributed by atoms with Gasteiger partial charge in [0.15, 0.2) is 0 Å². The summed E-state index contributed by atoms with van der Waals surface area (Å²) in [6, 6.07) is 0. The molecule has 0 saturated carbocycles. The van der Waals surface area contributed by atoms with E-state index in [4.69, 9.17) is 15.3 Å². The third-order valence-electron chi connectivity index (χ3n) is 1.92. The van der Waals surface area contributed by atoms with Crippen molar-refractivity contribution >= 4 is 0 Å². The van der Waals surface area contributed by atoms with Crippen molar-refractivity contribution in [3.05, 3.63) is 0 Å². The van der Waals surface area contributed by atoms with Crippen molar-refractivity contribution < 1.29 is 33.2 Å². The van der Waals surface area contributed by atoms with E-state index in [1.807, 2.05) is 0 Å². The van der Waals surface area contributed by atoms with Gasteiger partial charge in [0.2, 0.25) is 0 Å². The number of rotatable bonds is 8. The molecule has 0 unspecified atom stereocenters. The molecule has 98 valence electrons. The zero-order chi connectivity index (χ0) is 12.7. The fourth-order valence-corrected chi connectivity index (χ4v) is 0.894. The third-order valence-corrected chi connectivity index (χ3v) is 1.92. The number of hydrogen-bond donors (Lipinski definition) is 4. The highest BCUT2D eigenvalue weighted by Crippen LogP contribution is 2.14. The molecule has 16 heavy (non-hydrogen) atoms. The minimum absolute atomic E-state index is 0.0161. The van der Waals surface area contributed by atoms with Gasteiger partial charge in [-0.25, -0.2) is 0 Å². The summed E-state index contributed by atoms with van der Waals surface area (Å²) in [5.74, 6) is 0. The van der Waals surface area contributed by atoms with Crippen LogP contribution in [0.4, 0.5) is 13.2 Å². The summed E-state index contributed by atoms with van der Waals surface area (Å²) in [5, 5.41) is 29.1. The summed E-state index contributed by atoms with van der Waals surface area (Å²) in [5.41, 5.74) is -1.29. The molecule has 0 saturated heterocycles. The molecule has 0 aromatic rings. The smallest absolute Gasteiger partial charge is 0.394 e. The Morgan fingerprint density at radius 1 is 1.00 bits per heavy atom. The maximum Gasteiger partial charge on any atom is 0.411 e. The molecule has 4 N–H and O–H groups in total. The minimum atomic E-state index is -4.37. The van der Waals surface area contributed by atoms with Crippen LogP contribution in [0.25, 0.3) is 0 Å². The Labute approximate surface area is 90.8 Å². The van der Waals surface area contributed by atoms with Crippen molar-refractivity contribution in [3.63, 3.8) is 0 Å². The lowest BCUT2D eigenvalue weighted by atomic mass is 10.0. The number of ether oxygens (including phenoxy) is 1. The molecule has 0 bridgehead atoms. The summed E-state index contributed by atoms with van der Waals surface area (Å²) >= 11 is 0. The molecule has 0 aromatic heterocycles. The highest BCUT2D eigenvalue weighted by Gasteiger charge is 2.28. The van der Waals surface area contributed by atoms with Gasteiger partial charge >= 0.3 is 6.18 Å². The molecule has 8 heteroatoms. The van der Waals surface area contributed by atoms with E-state index in [0.29, 0.717) is 0 Å². The second-order valence-electron chi connectivity index (χ2n) is 3.35. The monoisotopic (exact) mass is 247 g/mol. The van der Waals surface area contributed by atoms with Crippen molar-refractivity contribution in [1.29, 1.82) is 0 Å². The van der Waals surface area contributed by atoms with Gasteiger partial charge in [-0.1, -0.05) is 0 Å². The zero-order valence-corrected chi connectivity index (χ0v) is 8.63. The summed E-state index contributed by atoms with van der Waals surface area (Å²) in [6.07, 6.45) is -4.37. The molecule has 0 rings (SSSR count). The van der Waals surface area contributed by atoms with E-state index < -0.39 is 38.1 Å². The number of aliphatic hydroxyl groups is 3. The number of halogens is 3. The quantitative estimate of drug-likeness (QED) is 0.408. The van der Waals surface area contributed by atoms with Crippen molar-refractivity contribution in [2.24, 2.45) is 0 Å². The lowest BCUT2D eigenvalue weighted by molar-refractivity contribution is -0.173. The number of aliphatic hydroxyl groups excluding tert-OH is 3. The van der Waals surface area contributed by atoms with Crippen LogP contribution in [-0.4, -0.2) is 66.6 Å². The van der Waals surface area contributed by atoms with Crippen LogP contribution in [0.15, 0.2) is 0 Å². The van der Waals surface area contributed by atoms with Crippen molar-refractivity contribution in [3.8, 4) is 0 Å². The van der Waals surface area contributed by atoms with Crippen LogP contribution in [-0.2, 0) is 4.74 Å². The summed E-state index contributed by atoms with van der Waals surface area (Å²) in [4.78, 5) is 0. The molecule has 0 aromatic carbocycles. The molecular weight excluding hydrogens is 231 g/mol. The van der Waals surface area contributed by atoms with Crippen LogP contribution in [0.2, 0.25) is 0 Å². The van der Waals surface area contributed by atoms with Crippen LogP contribution in [0.5, 0.6) is 0 Å². The molecule has 0 amide bonds. The van der Waals surface area contributed by atoms with E-state index in [2.05, 4.69) is 10.1 Å². The Hall–Kier alpha value is -0.410. The number of alkyl halides is 3. The van der Waals surface area contributed by atoms with Gasteiger partial charge in [0.1, 0.15) is 6.61 Å². The van der Waals surface area contributed by atoms with E-state index in [1.54, 1.807) is 0 Å². The van der Waals surface area contributed by atoms with Gasteiger partial charge in [-0.05, 0) is 0 Å². The van der Waals surface area contributed by atoms with Gasteiger partial charge in [0.25, 0.3) is 0 Å². The molecule has 0 spiro atoms. The highest BCUT2D eigenvalue weighted by atomic mass is 19.4. The van der Waals surface area contributed by atoms with E-state index in [9.17, 15) is 13.2 Å². The van der Waals surface area contributed by atoms with Gasteiger partial charge in [-0.15, -0.1) is 0 Å². The number of hydrogen-bond acceptors (Lipinski definition) is 5. The van der Waals surface area contributed by atoms with Crippen molar-refractivity contribution in [2.45, 2.75) is 11.7 Å². The fraction of sp³-hybridized carbons (Fsp3) is 1.00. The van der Waals surface area contributed by atoms with E-state index in [1.165, 1.54) is 0 Å². The summed E-state index contributed by atoms with van der Waals surface area (Å²) in [6.45, 7) is -3.18. The lowest BCUT2D eigenvalue weighted by Crippen LogP contribution is -2.55. The molecule has 0 aliphatic heterocycles. The van der Waals surface area contributed by atoms with Crippen molar-refractivity contribution in [1.82, 2.24) is 5.32 Å². The first-order valence-corrected chi connectivity index (χ1v) is 4.61. The van der Waals surface area contributed by atoms with E-state index >= 15 is 0 Å². The molecule has 0 atom stereocenters. The molecule has 0 aliphatic carbocycles. The average molecular weight is 247 g/mol. The van der Waals surface area contributed by atoms with Crippen molar-refractivity contribution in [2.75, 3.05) is 39.6 Å². The standard InChI is InChI=1S/C8H16F3NO4/c9-8(10,11)6-16-2-1-12-7(3-13,4-14)5-15/h12-15H,1-6H2. The molecular formula is C8H16F3NO4. The predicted molar refractivity (Wildman–Crippen MR) is 48.9 cm³/mol. The Morgan fingerprint density at radius 3 is 1.88 bits per heavy atom. The highest BCUT2D eigenvalue weighted by molar-refractivity contribution is 4.85. The van der Waals surface area contributed by atoms with E-state index in [0.717, 1.165) is 0 Å². The third kappa shape index (κ3) is 6.23. The second-order valence-corrected chi connectivity index (χ2v) is 3.35. The largest absolute Gasteiger partial charge is 0.411 e. The van der Waals surface area contributed by atoms with Crippen LogP contribution in [0.3, 0.4) is 0 Å². The Balaban J connectivity index is 3.71. The minimum Gasteiger partial charge on any atom is -0.394 e. The van der Waals surface area contributed by atoms with Crippen LogP contribution >= 0.6 is 0 Å². The van der Waals surface area contributed by atoms with Crippen LogP contribution in [0, 0.1) is 0 Å². The molecule has 5 nitrogen and oxygen atoms in total. The predicted octanol–water partition coefficient (Wildman–Crippen LogP) is -1.13. The number of nitrogens with one attached hydrogen (secondary N) is 1. The van der Waals surface area contributed by atoms with Crippen LogP contribution in [0.1, 0.15) is 0 Å². The summed E-state index contributed by atoms with van der Waals surface area (Å²) in [7, 11) is 0. The zero-order valence-electron chi connectivity index (χ0n) is 8.63. The van der Waals surface area contributed by atoms with Gasteiger partial charge in [0, 0.05) is 6.54 Å².